The third kappa shape index (κ3) is 2.48. The quantitative estimate of drug-likeness (QED) is 0.893. The van der Waals surface area contributed by atoms with Crippen molar-refractivity contribution in [3.8, 4) is 17.2 Å². The van der Waals surface area contributed by atoms with E-state index in [0.29, 0.717) is 22.6 Å². The van der Waals surface area contributed by atoms with Crippen molar-refractivity contribution in [1.82, 2.24) is 4.57 Å². The van der Waals surface area contributed by atoms with Crippen molar-refractivity contribution in [2.45, 2.75) is 13.0 Å². The Bertz CT molecular complexity index is 857. The van der Waals surface area contributed by atoms with Gasteiger partial charge in [0, 0.05) is 13.1 Å². The maximum absolute atomic E-state index is 12.4. The van der Waals surface area contributed by atoms with E-state index in [-0.39, 0.29) is 11.3 Å². The Morgan fingerprint density at radius 3 is 2.59 bits per heavy atom. The molecule has 0 bridgehead atoms. The average molecular weight is 320 g/mol. The number of aromatic nitrogens is 1. The first kappa shape index (κ1) is 14.6. The Hall–Kier alpha value is -2.28. The second-order valence-electron chi connectivity index (χ2n) is 4.86. The minimum Gasteiger partial charge on any atom is -0.502 e. The zero-order chi connectivity index (χ0) is 15.7. The summed E-state index contributed by atoms with van der Waals surface area (Å²) >= 11 is 1.37. The molecule has 7 heteroatoms. The van der Waals surface area contributed by atoms with E-state index in [9.17, 15) is 9.90 Å². The van der Waals surface area contributed by atoms with Crippen LogP contribution in [0.1, 0.15) is 12.0 Å². The fourth-order valence-corrected chi connectivity index (χ4v) is 3.40. The molecular weight excluding hydrogens is 304 g/mol. The summed E-state index contributed by atoms with van der Waals surface area (Å²) in [6.07, 6.45) is 2.66. The fraction of sp³-hybridized carbons (Fsp3) is 0.333. The molecule has 3 rings (SSSR count). The number of hydrogen-bond donors (Lipinski definition) is 1. The number of nitrogens with zero attached hydrogens (tertiary/aromatic N) is 2. The largest absolute Gasteiger partial charge is 0.502 e. The van der Waals surface area contributed by atoms with E-state index >= 15 is 0 Å². The Morgan fingerprint density at radius 1 is 1.32 bits per heavy atom. The molecule has 6 nitrogen and oxygen atoms in total. The third-order valence-corrected chi connectivity index (χ3v) is 4.52. The van der Waals surface area contributed by atoms with Crippen molar-refractivity contribution in [1.29, 1.82) is 0 Å². The molecule has 0 saturated heterocycles. The molecule has 2 aromatic rings. The van der Waals surface area contributed by atoms with E-state index < -0.39 is 0 Å². The second kappa shape index (κ2) is 5.84. The molecule has 0 amide bonds. The summed E-state index contributed by atoms with van der Waals surface area (Å²) in [7, 11) is 2.94. The van der Waals surface area contributed by atoms with Crippen LogP contribution in [0.25, 0.3) is 6.08 Å². The van der Waals surface area contributed by atoms with E-state index in [4.69, 9.17) is 9.47 Å². The van der Waals surface area contributed by atoms with Gasteiger partial charge in [-0.1, -0.05) is 11.3 Å². The van der Waals surface area contributed by atoms with Crippen LogP contribution in [0.3, 0.4) is 0 Å². The summed E-state index contributed by atoms with van der Waals surface area (Å²) in [4.78, 5) is 17.5. The SMILES string of the molecule is COc1cc(C=c2sc3n(c2=O)CCCN=3)cc(OC)c1O. The van der Waals surface area contributed by atoms with Crippen molar-refractivity contribution in [3.63, 3.8) is 0 Å². The number of thiazole rings is 1. The van der Waals surface area contributed by atoms with Crippen LogP contribution in [0.5, 0.6) is 17.2 Å². The van der Waals surface area contributed by atoms with Gasteiger partial charge in [-0.3, -0.25) is 14.4 Å². The highest BCUT2D eigenvalue weighted by atomic mass is 32.1. The highest BCUT2D eigenvalue weighted by Gasteiger charge is 2.12. The molecule has 0 unspecified atom stereocenters. The van der Waals surface area contributed by atoms with Gasteiger partial charge in [0.05, 0.1) is 18.8 Å². The number of ether oxygens (including phenoxy) is 2. The van der Waals surface area contributed by atoms with Crippen LogP contribution in [0.4, 0.5) is 0 Å². The van der Waals surface area contributed by atoms with Gasteiger partial charge >= 0.3 is 0 Å². The molecule has 1 N–H and O–H groups in total. The molecule has 2 heterocycles. The summed E-state index contributed by atoms with van der Waals surface area (Å²) in [5.74, 6) is 0.549. The summed E-state index contributed by atoms with van der Waals surface area (Å²) in [5, 5.41) is 9.92. The van der Waals surface area contributed by atoms with Crippen molar-refractivity contribution in [2.75, 3.05) is 20.8 Å². The number of benzene rings is 1. The predicted octanol–water partition coefficient (Wildman–Crippen LogP) is 0.485. The standard InChI is InChI=1S/C15H16N2O4S/c1-20-10-6-9(7-11(21-2)13(10)18)8-12-14(19)17-5-3-4-16-15(17)22-12/h6-8,18H,3-5H2,1-2H3. The Labute approximate surface area is 130 Å². The van der Waals surface area contributed by atoms with E-state index in [1.807, 2.05) is 0 Å². The fourth-order valence-electron chi connectivity index (χ4n) is 2.37. The normalized spacial score (nSPS) is 14.4. The van der Waals surface area contributed by atoms with Crippen LogP contribution < -0.4 is 24.4 Å². The van der Waals surface area contributed by atoms with Crippen molar-refractivity contribution in [2.24, 2.45) is 4.99 Å². The molecule has 0 aliphatic carbocycles. The molecule has 1 aromatic heterocycles. The number of phenols is 1. The molecule has 0 atom stereocenters. The van der Waals surface area contributed by atoms with Crippen LogP contribution >= 0.6 is 11.3 Å². The van der Waals surface area contributed by atoms with Gasteiger partial charge in [-0.15, -0.1) is 0 Å². The first-order chi connectivity index (χ1) is 10.6. The van der Waals surface area contributed by atoms with Crippen LogP contribution in [-0.2, 0) is 6.54 Å². The van der Waals surface area contributed by atoms with Crippen molar-refractivity contribution in [3.05, 3.63) is 37.4 Å². The second-order valence-corrected chi connectivity index (χ2v) is 5.87. The summed E-state index contributed by atoms with van der Waals surface area (Å²) in [6, 6.07) is 3.33. The van der Waals surface area contributed by atoms with Crippen LogP contribution in [0, 0.1) is 0 Å². The number of fused-ring (bicyclic) bond motifs is 1. The van der Waals surface area contributed by atoms with E-state index in [1.54, 1.807) is 22.8 Å². The Morgan fingerprint density at radius 2 is 2.00 bits per heavy atom. The van der Waals surface area contributed by atoms with Gasteiger partial charge in [0.15, 0.2) is 16.3 Å². The smallest absolute Gasteiger partial charge is 0.270 e. The number of rotatable bonds is 3. The lowest BCUT2D eigenvalue weighted by atomic mass is 10.1. The van der Waals surface area contributed by atoms with Gasteiger partial charge in [0.2, 0.25) is 5.75 Å². The maximum atomic E-state index is 12.4. The summed E-state index contributed by atoms with van der Waals surface area (Å²) in [5.41, 5.74) is 0.692. The van der Waals surface area contributed by atoms with E-state index in [1.165, 1.54) is 25.6 Å². The van der Waals surface area contributed by atoms with Gasteiger partial charge < -0.3 is 14.6 Å². The van der Waals surface area contributed by atoms with Gasteiger partial charge in [-0.2, -0.15) is 0 Å². The Kier molecular flexibility index (Phi) is 3.89. The monoisotopic (exact) mass is 320 g/mol. The number of hydrogen-bond acceptors (Lipinski definition) is 6. The molecular formula is C15H16N2O4S. The van der Waals surface area contributed by atoms with Gasteiger partial charge in [0.1, 0.15) is 0 Å². The molecule has 1 aliphatic rings. The molecule has 0 fully saturated rings. The number of aromatic hydroxyl groups is 1. The van der Waals surface area contributed by atoms with Gasteiger partial charge in [-0.25, -0.2) is 0 Å². The highest BCUT2D eigenvalue weighted by molar-refractivity contribution is 7.07. The highest BCUT2D eigenvalue weighted by Crippen LogP contribution is 2.37. The summed E-state index contributed by atoms with van der Waals surface area (Å²) < 4.78 is 12.6. The first-order valence-corrected chi connectivity index (χ1v) is 7.66. The molecule has 1 aliphatic heterocycles. The minimum atomic E-state index is -0.0562. The lowest BCUT2D eigenvalue weighted by Crippen LogP contribution is -2.33. The summed E-state index contributed by atoms with van der Waals surface area (Å²) in [6.45, 7) is 1.48. The topological polar surface area (TPSA) is 73.1 Å². The van der Waals surface area contributed by atoms with Crippen LogP contribution in [0.15, 0.2) is 21.9 Å². The van der Waals surface area contributed by atoms with Crippen molar-refractivity contribution < 1.29 is 14.6 Å². The zero-order valence-electron chi connectivity index (χ0n) is 12.3. The molecule has 116 valence electrons. The van der Waals surface area contributed by atoms with E-state index in [0.717, 1.165) is 23.3 Å². The number of methoxy groups -OCH3 is 2. The maximum Gasteiger partial charge on any atom is 0.270 e. The van der Waals surface area contributed by atoms with Crippen LogP contribution in [-0.4, -0.2) is 30.4 Å². The third-order valence-electron chi connectivity index (χ3n) is 3.47. The average Bonchev–Trinajstić information content (AvgIpc) is 2.85. The lowest BCUT2D eigenvalue weighted by Gasteiger charge is -2.09. The zero-order valence-corrected chi connectivity index (χ0v) is 13.1. The van der Waals surface area contributed by atoms with Gasteiger partial charge in [0.25, 0.3) is 5.56 Å². The van der Waals surface area contributed by atoms with E-state index in [2.05, 4.69) is 4.99 Å². The Balaban J connectivity index is 2.18. The molecule has 0 radical (unpaired) electrons. The molecule has 0 spiro atoms. The minimum absolute atomic E-state index is 0.0329. The van der Waals surface area contributed by atoms with Gasteiger partial charge in [-0.05, 0) is 30.2 Å². The first-order valence-electron chi connectivity index (χ1n) is 6.85. The lowest BCUT2D eigenvalue weighted by molar-refractivity contribution is 0.340. The van der Waals surface area contributed by atoms with Crippen LogP contribution in [0.2, 0.25) is 0 Å². The number of phenolic OH excluding ortho intramolecular Hbond substituents is 1. The molecule has 22 heavy (non-hydrogen) atoms. The molecule has 0 saturated carbocycles. The molecule has 1 aromatic carbocycles. The van der Waals surface area contributed by atoms with Crippen molar-refractivity contribution >= 4 is 17.4 Å². The predicted molar refractivity (Wildman–Crippen MR) is 83.6 cm³/mol.